The highest BCUT2D eigenvalue weighted by molar-refractivity contribution is 5.32. The Morgan fingerprint density at radius 2 is 1.86 bits per heavy atom. The Morgan fingerprint density at radius 3 is 2.36 bits per heavy atom. The van der Waals surface area contributed by atoms with Crippen molar-refractivity contribution in [3.8, 4) is 0 Å². The van der Waals surface area contributed by atoms with Gasteiger partial charge in [0.25, 0.3) is 0 Å². The fraction of sp³-hybridized carbons (Fsp3) is 0.500. The highest BCUT2D eigenvalue weighted by Gasteiger charge is 2.02. The second-order valence-electron chi connectivity index (χ2n) is 3.86. The van der Waals surface area contributed by atoms with Crippen molar-refractivity contribution in [2.24, 2.45) is 5.73 Å². The molecule has 0 aromatic heterocycles. The summed E-state index contributed by atoms with van der Waals surface area (Å²) in [6.07, 6.45) is 0. The van der Waals surface area contributed by atoms with E-state index >= 15 is 0 Å². The third-order valence-corrected chi connectivity index (χ3v) is 2.27. The van der Waals surface area contributed by atoms with Crippen LogP contribution in [0.3, 0.4) is 0 Å². The molecule has 0 saturated carbocycles. The van der Waals surface area contributed by atoms with Crippen LogP contribution in [0.5, 0.6) is 0 Å². The molecule has 0 aliphatic carbocycles. The first-order chi connectivity index (χ1) is 6.61. The van der Waals surface area contributed by atoms with E-state index in [0.29, 0.717) is 13.2 Å². The van der Waals surface area contributed by atoms with Crippen LogP contribution in [0, 0.1) is 13.8 Å². The van der Waals surface area contributed by atoms with Crippen LogP contribution in [-0.2, 0) is 11.3 Å². The molecular formula is C12H19NO. The van der Waals surface area contributed by atoms with Gasteiger partial charge in [0, 0.05) is 6.04 Å². The van der Waals surface area contributed by atoms with E-state index in [4.69, 9.17) is 10.5 Å². The summed E-state index contributed by atoms with van der Waals surface area (Å²) in [5.41, 5.74) is 9.47. The van der Waals surface area contributed by atoms with E-state index in [0.717, 1.165) is 0 Å². The lowest BCUT2D eigenvalue weighted by atomic mass is 10.0. The monoisotopic (exact) mass is 193 g/mol. The number of benzene rings is 1. The lowest BCUT2D eigenvalue weighted by Crippen LogP contribution is -2.21. The van der Waals surface area contributed by atoms with E-state index in [9.17, 15) is 0 Å². The van der Waals surface area contributed by atoms with Gasteiger partial charge in [-0.25, -0.2) is 0 Å². The summed E-state index contributed by atoms with van der Waals surface area (Å²) in [5, 5.41) is 0. The molecule has 14 heavy (non-hydrogen) atoms. The topological polar surface area (TPSA) is 35.2 Å². The molecule has 0 amide bonds. The molecule has 0 radical (unpaired) electrons. The van der Waals surface area contributed by atoms with Gasteiger partial charge in [-0.1, -0.05) is 18.2 Å². The maximum absolute atomic E-state index is 5.61. The number of ether oxygens (including phenoxy) is 1. The highest BCUT2D eigenvalue weighted by Crippen LogP contribution is 2.14. The third-order valence-electron chi connectivity index (χ3n) is 2.27. The Hall–Kier alpha value is -0.860. The molecule has 2 heteroatoms. The molecule has 1 rings (SSSR count). The minimum Gasteiger partial charge on any atom is -0.375 e. The van der Waals surface area contributed by atoms with Crippen LogP contribution < -0.4 is 5.73 Å². The average Bonchev–Trinajstić information content (AvgIpc) is 2.09. The van der Waals surface area contributed by atoms with Gasteiger partial charge in [0.05, 0.1) is 13.2 Å². The minimum absolute atomic E-state index is 0.110. The van der Waals surface area contributed by atoms with E-state index in [1.54, 1.807) is 0 Å². The van der Waals surface area contributed by atoms with Crippen LogP contribution in [0.25, 0.3) is 0 Å². The molecule has 0 aliphatic heterocycles. The van der Waals surface area contributed by atoms with Crippen LogP contribution >= 0.6 is 0 Å². The van der Waals surface area contributed by atoms with Gasteiger partial charge >= 0.3 is 0 Å². The first-order valence-corrected chi connectivity index (χ1v) is 4.99. The van der Waals surface area contributed by atoms with Gasteiger partial charge in [-0.05, 0) is 37.5 Å². The number of aryl methyl sites for hydroxylation is 2. The Morgan fingerprint density at radius 1 is 1.29 bits per heavy atom. The molecule has 0 spiro atoms. The predicted octanol–water partition coefficient (Wildman–Crippen LogP) is 2.17. The second-order valence-corrected chi connectivity index (χ2v) is 3.86. The normalized spacial score (nSPS) is 12.9. The van der Waals surface area contributed by atoms with Gasteiger partial charge in [-0.15, -0.1) is 0 Å². The molecule has 2 nitrogen and oxygen atoms in total. The van der Waals surface area contributed by atoms with E-state index < -0.39 is 0 Å². The molecular weight excluding hydrogens is 174 g/mol. The summed E-state index contributed by atoms with van der Waals surface area (Å²) in [5.74, 6) is 0. The number of rotatable bonds is 4. The summed E-state index contributed by atoms with van der Waals surface area (Å²) < 4.78 is 5.52. The van der Waals surface area contributed by atoms with Crippen LogP contribution in [0.15, 0.2) is 18.2 Å². The zero-order chi connectivity index (χ0) is 10.6. The molecule has 1 atom stereocenters. The van der Waals surface area contributed by atoms with Crippen LogP contribution in [0.4, 0.5) is 0 Å². The van der Waals surface area contributed by atoms with E-state index in [1.165, 1.54) is 16.7 Å². The summed E-state index contributed by atoms with van der Waals surface area (Å²) in [6, 6.07) is 6.40. The van der Waals surface area contributed by atoms with Crippen molar-refractivity contribution >= 4 is 0 Å². The largest absolute Gasteiger partial charge is 0.375 e. The minimum atomic E-state index is 0.110. The van der Waals surface area contributed by atoms with Crippen LogP contribution in [0.1, 0.15) is 23.6 Å². The standard InChI is InChI=1S/C12H19NO/c1-9-5-4-6-10(2)12(9)8-14-7-11(3)13/h4-6,11H,7-8,13H2,1-3H3. The Labute approximate surface area is 86.1 Å². The van der Waals surface area contributed by atoms with E-state index in [2.05, 4.69) is 32.0 Å². The summed E-state index contributed by atoms with van der Waals surface area (Å²) in [7, 11) is 0. The van der Waals surface area contributed by atoms with Crippen molar-refractivity contribution in [1.82, 2.24) is 0 Å². The average molecular weight is 193 g/mol. The predicted molar refractivity (Wildman–Crippen MR) is 59.2 cm³/mol. The maximum Gasteiger partial charge on any atom is 0.0722 e. The first kappa shape index (κ1) is 11.2. The van der Waals surface area contributed by atoms with Crippen LogP contribution in [0.2, 0.25) is 0 Å². The number of hydrogen-bond donors (Lipinski definition) is 1. The van der Waals surface area contributed by atoms with Crippen molar-refractivity contribution in [2.45, 2.75) is 33.4 Å². The second kappa shape index (κ2) is 5.13. The lowest BCUT2D eigenvalue weighted by Gasteiger charge is -2.11. The summed E-state index contributed by atoms with van der Waals surface area (Å²) >= 11 is 0. The zero-order valence-corrected chi connectivity index (χ0v) is 9.21. The summed E-state index contributed by atoms with van der Waals surface area (Å²) in [6.45, 7) is 7.45. The molecule has 0 aliphatic rings. The number of hydrogen-bond acceptors (Lipinski definition) is 2. The Kier molecular flexibility index (Phi) is 4.11. The van der Waals surface area contributed by atoms with Gasteiger partial charge in [0.1, 0.15) is 0 Å². The molecule has 1 aromatic rings. The summed E-state index contributed by atoms with van der Waals surface area (Å²) in [4.78, 5) is 0. The smallest absolute Gasteiger partial charge is 0.0722 e. The fourth-order valence-corrected chi connectivity index (χ4v) is 1.42. The van der Waals surface area contributed by atoms with Crippen molar-refractivity contribution in [3.63, 3.8) is 0 Å². The molecule has 0 bridgehead atoms. The van der Waals surface area contributed by atoms with Gasteiger partial charge < -0.3 is 10.5 Å². The highest BCUT2D eigenvalue weighted by atomic mass is 16.5. The Balaban J connectivity index is 2.58. The molecule has 0 heterocycles. The van der Waals surface area contributed by atoms with Crippen molar-refractivity contribution < 1.29 is 4.74 Å². The maximum atomic E-state index is 5.61. The molecule has 1 unspecified atom stereocenters. The molecule has 0 fully saturated rings. The van der Waals surface area contributed by atoms with Crippen LogP contribution in [-0.4, -0.2) is 12.6 Å². The van der Waals surface area contributed by atoms with Gasteiger partial charge in [-0.2, -0.15) is 0 Å². The first-order valence-electron chi connectivity index (χ1n) is 4.99. The SMILES string of the molecule is Cc1cccc(C)c1COCC(C)N. The molecule has 78 valence electrons. The van der Waals surface area contributed by atoms with Crippen molar-refractivity contribution in [1.29, 1.82) is 0 Å². The van der Waals surface area contributed by atoms with Crippen molar-refractivity contribution in [3.05, 3.63) is 34.9 Å². The molecule has 0 saturated heterocycles. The van der Waals surface area contributed by atoms with E-state index in [-0.39, 0.29) is 6.04 Å². The van der Waals surface area contributed by atoms with Gasteiger partial charge in [0.15, 0.2) is 0 Å². The van der Waals surface area contributed by atoms with Gasteiger partial charge in [-0.3, -0.25) is 0 Å². The quantitative estimate of drug-likeness (QED) is 0.795. The number of nitrogens with two attached hydrogens (primary N) is 1. The fourth-order valence-electron chi connectivity index (χ4n) is 1.42. The molecule has 1 aromatic carbocycles. The third kappa shape index (κ3) is 3.13. The molecule has 2 N–H and O–H groups in total. The van der Waals surface area contributed by atoms with Crippen molar-refractivity contribution in [2.75, 3.05) is 6.61 Å². The zero-order valence-electron chi connectivity index (χ0n) is 9.21. The lowest BCUT2D eigenvalue weighted by molar-refractivity contribution is 0.111. The Bertz CT molecular complexity index is 274. The van der Waals surface area contributed by atoms with E-state index in [1.807, 2.05) is 6.92 Å². The van der Waals surface area contributed by atoms with Gasteiger partial charge in [0.2, 0.25) is 0 Å².